The van der Waals surface area contributed by atoms with E-state index in [1.54, 1.807) is 20.3 Å². The number of aromatic nitrogens is 3. The molecule has 0 saturated carbocycles. The van der Waals surface area contributed by atoms with E-state index in [9.17, 15) is 14.3 Å². The van der Waals surface area contributed by atoms with Gasteiger partial charge < -0.3 is 19.9 Å². The van der Waals surface area contributed by atoms with Gasteiger partial charge in [0.1, 0.15) is 17.0 Å². The molecular weight excluding hydrogens is 379 g/mol. The summed E-state index contributed by atoms with van der Waals surface area (Å²) in [6.07, 6.45) is 0.600. The average molecular weight is 396 g/mol. The predicted molar refractivity (Wildman–Crippen MR) is 104 cm³/mol. The largest absolute Gasteiger partial charge is 0.497 e. The second kappa shape index (κ2) is 7.27. The highest BCUT2D eigenvalue weighted by atomic mass is 19.1. The molecule has 0 atom stereocenters. The maximum absolute atomic E-state index is 14.4. The predicted octanol–water partition coefficient (Wildman–Crippen LogP) is 3.35. The van der Waals surface area contributed by atoms with Crippen LogP contribution in [0.3, 0.4) is 0 Å². The molecule has 0 bridgehead atoms. The molecule has 8 nitrogen and oxygen atoms in total. The van der Waals surface area contributed by atoms with E-state index >= 15 is 0 Å². The minimum absolute atomic E-state index is 0.0392. The van der Waals surface area contributed by atoms with Crippen LogP contribution < -0.4 is 14.8 Å². The van der Waals surface area contributed by atoms with Crippen LogP contribution in [0.4, 0.5) is 10.2 Å². The van der Waals surface area contributed by atoms with Crippen LogP contribution in [0.2, 0.25) is 0 Å². The molecule has 148 valence electrons. The number of aromatic carboxylic acids is 1. The Balaban J connectivity index is 1.76. The van der Waals surface area contributed by atoms with E-state index in [0.29, 0.717) is 40.4 Å². The number of rotatable bonds is 6. The number of benzene rings is 2. The quantitative estimate of drug-likeness (QED) is 0.516. The average Bonchev–Trinajstić information content (AvgIpc) is 3.13. The van der Waals surface area contributed by atoms with Crippen LogP contribution in [0.5, 0.6) is 11.5 Å². The zero-order valence-electron chi connectivity index (χ0n) is 15.6. The van der Waals surface area contributed by atoms with E-state index < -0.39 is 12.0 Å². The monoisotopic (exact) mass is 396 g/mol. The van der Waals surface area contributed by atoms with E-state index in [-0.39, 0.29) is 5.56 Å². The maximum Gasteiger partial charge on any atom is 0.335 e. The Morgan fingerprint density at radius 3 is 2.72 bits per heavy atom. The van der Waals surface area contributed by atoms with Gasteiger partial charge in [0.2, 0.25) is 0 Å². The Labute approximate surface area is 164 Å². The molecule has 0 aliphatic rings. The van der Waals surface area contributed by atoms with Gasteiger partial charge >= 0.3 is 5.97 Å². The van der Waals surface area contributed by atoms with Gasteiger partial charge in [0.15, 0.2) is 5.82 Å². The first-order valence-corrected chi connectivity index (χ1v) is 8.66. The number of anilines is 1. The van der Waals surface area contributed by atoms with Crippen LogP contribution in [0, 0.1) is 6.08 Å². The summed E-state index contributed by atoms with van der Waals surface area (Å²) in [5.74, 6) is 0.618. The van der Waals surface area contributed by atoms with Gasteiger partial charge in [0.25, 0.3) is 6.08 Å². The van der Waals surface area contributed by atoms with E-state index in [0.717, 1.165) is 5.56 Å². The molecule has 2 N–H and O–H groups in total. The molecule has 0 saturated heterocycles. The molecule has 2 heterocycles. The summed E-state index contributed by atoms with van der Waals surface area (Å²) in [4.78, 5) is 19.5. The van der Waals surface area contributed by atoms with E-state index in [1.165, 1.54) is 28.8 Å². The summed E-state index contributed by atoms with van der Waals surface area (Å²) in [7, 11) is 3.14. The highest BCUT2D eigenvalue weighted by molar-refractivity contribution is 5.94. The third-order valence-electron chi connectivity index (χ3n) is 4.60. The van der Waals surface area contributed by atoms with Crippen molar-refractivity contribution >= 4 is 28.3 Å². The third kappa shape index (κ3) is 3.27. The number of imidazole rings is 1. The van der Waals surface area contributed by atoms with Gasteiger partial charge in [-0.1, -0.05) is 0 Å². The minimum Gasteiger partial charge on any atom is -0.497 e. The molecule has 29 heavy (non-hydrogen) atoms. The molecule has 0 aliphatic heterocycles. The summed E-state index contributed by atoms with van der Waals surface area (Å²) < 4.78 is 26.2. The van der Waals surface area contributed by atoms with Crippen LogP contribution in [0.25, 0.3) is 16.6 Å². The number of fused-ring (bicyclic) bond motifs is 3. The molecule has 0 radical (unpaired) electrons. The Morgan fingerprint density at radius 1 is 1.17 bits per heavy atom. The number of nitrogens with zero attached hydrogens (tertiary/aromatic N) is 3. The summed E-state index contributed by atoms with van der Waals surface area (Å²) in [6.45, 7) is 0.362. The van der Waals surface area contributed by atoms with Gasteiger partial charge in [0, 0.05) is 18.2 Å². The van der Waals surface area contributed by atoms with Crippen molar-refractivity contribution in [1.29, 1.82) is 0 Å². The zero-order valence-corrected chi connectivity index (χ0v) is 15.6. The fraction of sp³-hybridized carbons (Fsp3) is 0.150. The van der Waals surface area contributed by atoms with Gasteiger partial charge in [-0.05, 0) is 30.3 Å². The summed E-state index contributed by atoms with van der Waals surface area (Å²) in [6, 6.07) is 9.78. The number of halogens is 1. The number of methoxy groups -OCH3 is 2. The second-order valence-corrected chi connectivity index (χ2v) is 6.25. The Bertz CT molecular complexity index is 1240. The lowest BCUT2D eigenvalue weighted by molar-refractivity contribution is 0.0697. The molecule has 4 aromatic rings. The molecule has 0 fully saturated rings. The third-order valence-corrected chi connectivity index (χ3v) is 4.60. The Hall–Kier alpha value is -3.88. The molecule has 2 aromatic heterocycles. The van der Waals surface area contributed by atoms with Gasteiger partial charge in [0.05, 0.1) is 37.0 Å². The Kier molecular flexibility index (Phi) is 4.63. The molecule has 2 aromatic carbocycles. The molecule has 0 aliphatic carbocycles. The molecule has 4 rings (SSSR count). The van der Waals surface area contributed by atoms with Crippen molar-refractivity contribution in [1.82, 2.24) is 14.4 Å². The number of carboxylic acid groups (broad SMARTS) is 1. The number of carbonyl (C=O) groups is 1. The van der Waals surface area contributed by atoms with Gasteiger partial charge in [-0.25, -0.2) is 14.8 Å². The van der Waals surface area contributed by atoms with E-state index in [4.69, 9.17) is 9.47 Å². The fourth-order valence-electron chi connectivity index (χ4n) is 3.14. The highest BCUT2D eigenvalue weighted by Crippen LogP contribution is 2.27. The first-order valence-electron chi connectivity index (χ1n) is 8.66. The lowest BCUT2D eigenvalue weighted by atomic mass is 10.2. The first kappa shape index (κ1) is 18.5. The summed E-state index contributed by atoms with van der Waals surface area (Å²) >= 11 is 0. The van der Waals surface area contributed by atoms with Crippen LogP contribution in [-0.4, -0.2) is 39.7 Å². The van der Waals surface area contributed by atoms with Crippen LogP contribution in [0.1, 0.15) is 15.9 Å². The maximum atomic E-state index is 14.4. The number of ether oxygens (including phenoxy) is 2. The van der Waals surface area contributed by atoms with E-state index in [2.05, 4.69) is 15.3 Å². The molecule has 0 amide bonds. The van der Waals surface area contributed by atoms with Crippen LogP contribution in [-0.2, 0) is 6.54 Å². The van der Waals surface area contributed by atoms with Gasteiger partial charge in [-0.3, -0.25) is 4.40 Å². The lowest BCUT2D eigenvalue weighted by Crippen LogP contribution is -2.07. The fourth-order valence-corrected chi connectivity index (χ4v) is 3.14. The molecule has 0 spiro atoms. The zero-order chi connectivity index (χ0) is 20.5. The molecule has 0 unspecified atom stereocenters. The smallest absolute Gasteiger partial charge is 0.335 e. The lowest BCUT2D eigenvalue weighted by Gasteiger charge is -2.13. The molecular formula is C20H17FN4O4. The standard InChI is InChI=1S/C20H17FN4O4/c1-28-13-5-3-12(17(8-13)29-2)9-22-18-16-10-23-20(21)25(16)15-7-11(19(26)27)4-6-14(15)24-18/h3-8,10H,9H2,1-2H3,(H,22,24)(H,26,27). The van der Waals surface area contributed by atoms with Gasteiger partial charge in [-0.2, -0.15) is 4.39 Å². The highest BCUT2D eigenvalue weighted by Gasteiger charge is 2.15. The van der Waals surface area contributed by atoms with Crippen molar-refractivity contribution in [2.45, 2.75) is 6.54 Å². The van der Waals surface area contributed by atoms with Gasteiger partial charge in [-0.15, -0.1) is 0 Å². The van der Waals surface area contributed by atoms with Crippen molar-refractivity contribution in [3.8, 4) is 11.5 Å². The number of carboxylic acids is 1. The SMILES string of the molecule is COc1ccc(CNc2nc3ccc(C(=O)O)cc3n3c(F)ncc23)c(OC)c1. The van der Waals surface area contributed by atoms with Crippen molar-refractivity contribution in [3.63, 3.8) is 0 Å². The van der Waals surface area contributed by atoms with E-state index in [1.807, 2.05) is 12.1 Å². The summed E-state index contributed by atoms with van der Waals surface area (Å²) in [5.41, 5.74) is 2.04. The molecule has 9 heteroatoms. The van der Waals surface area contributed by atoms with Crippen molar-refractivity contribution < 1.29 is 23.8 Å². The number of hydrogen-bond donors (Lipinski definition) is 2. The normalized spacial score (nSPS) is 11.0. The topological polar surface area (TPSA) is 98.0 Å². The van der Waals surface area contributed by atoms with Crippen LogP contribution in [0.15, 0.2) is 42.6 Å². The number of nitrogens with one attached hydrogen (secondary N) is 1. The van der Waals surface area contributed by atoms with Crippen LogP contribution >= 0.6 is 0 Å². The van der Waals surface area contributed by atoms with Crippen molar-refractivity contribution in [3.05, 3.63) is 59.8 Å². The minimum atomic E-state index is -1.10. The van der Waals surface area contributed by atoms with Crippen molar-refractivity contribution in [2.24, 2.45) is 0 Å². The first-order chi connectivity index (χ1) is 14.0. The summed E-state index contributed by atoms with van der Waals surface area (Å²) in [5, 5.41) is 12.4. The number of hydrogen-bond acceptors (Lipinski definition) is 6. The second-order valence-electron chi connectivity index (χ2n) is 6.25. The Morgan fingerprint density at radius 2 is 2.00 bits per heavy atom. The van der Waals surface area contributed by atoms with Crippen molar-refractivity contribution in [2.75, 3.05) is 19.5 Å².